The average molecular weight is 493 g/mol. The minimum Gasteiger partial charge on any atom is -0.454 e. The van der Waals surface area contributed by atoms with Crippen LogP contribution in [-0.4, -0.2) is 41.0 Å². The summed E-state index contributed by atoms with van der Waals surface area (Å²) in [6.45, 7) is 7.17. The van der Waals surface area contributed by atoms with Gasteiger partial charge in [0, 0.05) is 23.9 Å². The zero-order valence-electron chi connectivity index (χ0n) is 20.5. The van der Waals surface area contributed by atoms with Crippen molar-refractivity contribution in [3.05, 3.63) is 81.5 Å². The zero-order valence-corrected chi connectivity index (χ0v) is 21.3. The summed E-state index contributed by atoms with van der Waals surface area (Å²) in [4.78, 5) is 31.4. The van der Waals surface area contributed by atoms with Crippen LogP contribution in [0.3, 0.4) is 0 Å². The van der Waals surface area contributed by atoms with Crippen molar-refractivity contribution in [2.24, 2.45) is 0 Å². The van der Waals surface area contributed by atoms with E-state index in [1.165, 1.54) is 0 Å². The molecule has 0 saturated heterocycles. The Morgan fingerprint density at radius 3 is 2.43 bits per heavy atom. The van der Waals surface area contributed by atoms with Crippen LogP contribution >= 0.6 is 11.3 Å². The van der Waals surface area contributed by atoms with Crippen LogP contribution in [0.25, 0.3) is 0 Å². The first kappa shape index (κ1) is 24.8. The smallest absolute Gasteiger partial charge is 0.242 e. The van der Waals surface area contributed by atoms with Crippen LogP contribution in [0.15, 0.2) is 60.0 Å². The van der Waals surface area contributed by atoms with Crippen molar-refractivity contribution in [3.63, 3.8) is 0 Å². The van der Waals surface area contributed by atoms with Crippen LogP contribution in [0.2, 0.25) is 0 Å². The van der Waals surface area contributed by atoms with Gasteiger partial charge in [0.1, 0.15) is 0 Å². The van der Waals surface area contributed by atoms with E-state index in [0.29, 0.717) is 31.7 Å². The van der Waals surface area contributed by atoms with Crippen molar-refractivity contribution >= 4 is 23.2 Å². The Morgan fingerprint density at radius 1 is 0.943 bits per heavy atom. The molecule has 1 aromatic heterocycles. The summed E-state index contributed by atoms with van der Waals surface area (Å²) >= 11 is 1.64. The second-order valence-electron chi connectivity index (χ2n) is 9.07. The van der Waals surface area contributed by atoms with Gasteiger partial charge in [-0.1, -0.05) is 36.4 Å². The molecule has 0 fully saturated rings. The monoisotopic (exact) mass is 492 g/mol. The second-order valence-corrected chi connectivity index (χ2v) is 10.1. The molecule has 4 rings (SSSR count). The maximum atomic E-state index is 13.6. The van der Waals surface area contributed by atoms with Gasteiger partial charge in [0.25, 0.3) is 0 Å². The van der Waals surface area contributed by atoms with E-state index in [9.17, 15) is 9.59 Å². The molecule has 35 heavy (non-hydrogen) atoms. The maximum absolute atomic E-state index is 13.6. The van der Waals surface area contributed by atoms with E-state index < -0.39 is 0 Å². The van der Waals surface area contributed by atoms with Crippen LogP contribution < -0.4 is 9.47 Å². The third-order valence-corrected chi connectivity index (χ3v) is 7.19. The highest BCUT2D eigenvalue weighted by Crippen LogP contribution is 2.33. The van der Waals surface area contributed by atoms with Crippen molar-refractivity contribution in [1.82, 2.24) is 9.80 Å². The van der Waals surface area contributed by atoms with Crippen molar-refractivity contribution in [1.29, 1.82) is 0 Å². The summed E-state index contributed by atoms with van der Waals surface area (Å²) in [6.07, 6.45) is 1.04. The Balaban J connectivity index is 1.48. The molecule has 0 spiro atoms. The number of aryl methyl sites for hydroxylation is 2. The molecule has 1 aliphatic rings. The van der Waals surface area contributed by atoms with Crippen molar-refractivity contribution in [2.75, 3.05) is 13.3 Å². The van der Waals surface area contributed by atoms with Gasteiger partial charge < -0.3 is 19.3 Å². The molecule has 2 heterocycles. The number of hydrogen-bond acceptors (Lipinski definition) is 5. The summed E-state index contributed by atoms with van der Waals surface area (Å²) in [5, 5.41) is 2.04. The van der Waals surface area contributed by atoms with Gasteiger partial charge in [-0.2, -0.15) is 0 Å². The van der Waals surface area contributed by atoms with E-state index in [-0.39, 0.29) is 31.2 Å². The molecule has 6 nitrogen and oxygen atoms in total. The van der Waals surface area contributed by atoms with Crippen LogP contribution in [0.4, 0.5) is 0 Å². The SMILES string of the molecule is Cc1ccsc1CN(Cc1ccc2c(c1)OCO2)C(=O)CN(C(=O)CCc1ccccc1)C(C)C. The summed E-state index contributed by atoms with van der Waals surface area (Å²) in [6, 6.07) is 17.7. The highest BCUT2D eigenvalue weighted by atomic mass is 32.1. The molecule has 0 saturated carbocycles. The Hall–Kier alpha value is -3.32. The van der Waals surface area contributed by atoms with E-state index in [4.69, 9.17) is 9.47 Å². The van der Waals surface area contributed by atoms with Gasteiger partial charge in [0.15, 0.2) is 11.5 Å². The van der Waals surface area contributed by atoms with Gasteiger partial charge in [0.05, 0.1) is 13.1 Å². The first-order valence-electron chi connectivity index (χ1n) is 11.9. The zero-order chi connectivity index (χ0) is 24.8. The fraction of sp³-hybridized carbons (Fsp3) is 0.357. The van der Waals surface area contributed by atoms with Gasteiger partial charge >= 0.3 is 0 Å². The molecule has 0 aliphatic carbocycles. The number of carbonyl (C=O) groups is 2. The van der Waals surface area contributed by atoms with Gasteiger partial charge in [0.2, 0.25) is 18.6 Å². The van der Waals surface area contributed by atoms with Crippen molar-refractivity contribution < 1.29 is 19.1 Å². The molecule has 0 N–H and O–H groups in total. The Labute approximate surface area is 211 Å². The molecule has 3 aromatic rings. The lowest BCUT2D eigenvalue weighted by Crippen LogP contribution is -2.45. The number of carbonyl (C=O) groups excluding carboxylic acids is 2. The number of amides is 2. The average Bonchev–Trinajstić information content (AvgIpc) is 3.49. The van der Waals surface area contributed by atoms with E-state index in [1.807, 2.05) is 72.7 Å². The molecule has 0 radical (unpaired) electrons. The highest BCUT2D eigenvalue weighted by molar-refractivity contribution is 7.10. The van der Waals surface area contributed by atoms with Crippen LogP contribution in [0.5, 0.6) is 11.5 Å². The standard InChI is InChI=1S/C28H32N2O4S/c1-20(2)30(27(31)12-10-22-7-5-4-6-8-22)18-28(32)29(17-26-21(3)13-14-35-26)16-23-9-11-24-25(15-23)34-19-33-24/h4-9,11,13-15,20H,10,12,16-19H2,1-3H3. The van der Waals surface area contributed by atoms with Crippen LogP contribution in [0.1, 0.15) is 41.8 Å². The van der Waals surface area contributed by atoms with E-state index >= 15 is 0 Å². The molecule has 2 aromatic carbocycles. The summed E-state index contributed by atoms with van der Waals surface area (Å²) < 4.78 is 10.9. The molecule has 7 heteroatoms. The van der Waals surface area contributed by atoms with Gasteiger partial charge in [-0.25, -0.2) is 0 Å². The molecular formula is C28H32N2O4S. The lowest BCUT2D eigenvalue weighted by molar-refractivity contribution is -0.142. The first-order chi connectivity index (χ1) is 16.9. The fourth-order valence-electron chi connectivity index (χ4n) is 4.08. The topological polar surface area (TPSA) is 59.1 Å². The number of nitrogens with zero attached hydrogens (tertiary/aromatic N) is 2. The highest BCUT2D eigenvalue weighted by Gasteiger charge is 2.25. The molecular weight excluding hydrogens is 460 g/mol. The van der Waals surface area contributed by atoms with Gasteiger partial charge in [-0.3, -0.25) is 9.59 Å². The number of fused-ring (bicyclic) bond motifs is 1. The molecule has 0 bridgehead atoms. The molecule has 184 valence electrons. The normalized spacial score (nSPS) is 12.1. The predicted octanol–water partition coefficient (Wildman–Crippen LogP) is 5.18. The third-order valence-electron chi connectivity index (χ3n) is 6.19. The Morgan fingerprint density at radius 2 is 1.71 bits per heavy atom. The number of rotatable bonds is 10. The third kappa shape index (κ3) is 6.42. The summed E-state index contributed by atoms with van der Waals surface area (Å²) in [7, 11) is 0. The minimum atomic E-state index is -0.0720. The van der Waals surface area contributed by atoms with Gasteiger partial charge in [-0.15, -0.1) is 11.3 Å². The number of hydrogen-bond donors (Lipinski definition) is 0. The van der Waals surface area contributed by atoms with Crippen molar-refractivity contribution in [2.45, 2.75) is 52.7 Å². The second kappa shape index (κ2) is 11.4. The molecule has 0 unspecified atom stereocenters. The first-order valence-corrected chi connectivity index (χ1v) is 12.8. The van der Waals surface area contributed by atoms with Crippen LogP contribution in [0, 0.1) is 6.92 Å². The van der Waals surface area contributed by atoms with Crippen LogP contribution in [-0.2, 0) is 29.1 Å². The lowest BCUT2D eigenvalue weighted by atomic mass is 10.1. The quantitative estimate of drug-likeness (QED) is 0.391. The maximum Gasteiger partial charge on any atom is 0.242 e. The summed E-state index contributed by atoms with van der Waals surface area (Å²) in [5.41, 5.74) is 3.25. The molecule has 0 atom stereocenters. The predicted molar refractivity (Wildman–Crippen MR) is 137 cm³/mol. The Kier molecular flexibility index (Phi) is 8.08. The lowest BCUT2D eigenvalue weighted by Gasteiger charge is -2.30. The largest absolute Gasteiger partial charge is 0.454 e. The van der Waals surface area contributed by atoms with E-state index in [1.54, 1.807) is 16.2 Å². The summed E-state index contributed by atoms with van der Waals surface area (Å²) in [5.74, 6) is 1.34. The number of ether oxygens (including phenoxy) is 2. The van der Waals surface area contributed by atoms with Crippen molar-refractivity contribution in [3.8, 4) is 11.5 Å². The molecule has 1 aliphatic heterocycles. The van der Waals surface area contributed by atoms with Gasteiger partial charge in [-0.05, 0) is 67.5 Å². The fourth-order valence-corrected chi connectivity index (χ4v) is 5.00. The van der Waals surface area contributed by atoms with E-state index in [0.717, 1.165) is 27.3 Å². The molecule has 2 amide bonds. The number of thiophene rings is 1. The van der Waals surface area contributed by atoms with E-state index in [2.05, 4.69) is 13.0 Å². The minimum absolute atomic E-state index is 0.00691. The number of benzene rings is 2. The Bertz CT molecular complexity index is 1160.